The minimum Gasteiger partial charge on any atom is -0.496 e. The van der Waals surface area contributed by atoms with Gasteiger partial charge in [0.2, 0.25) is 0 Å². The zero-order valence-electron chi connectivity index (χ0n) is 10.9. The van der Waals surface area contributed by atoms with Gasteiger partial charge in [-0.25, -0.2) is 0 Å². The first-order valence-corrected chi connectivity index (χ1v) is 5.96. The normalized spacial score (nSPS) is 10.1. The highest BCUT2D eigenvalue weighted by molar-refractivity contribution is 7.71. The fraction of sp³-hybridized carbons (Fsp3) is 0.231. The van der Waals surface area contributed by atoms with Crippen LogP contribution in [0, 0.1) is 4.64 Å². The summed E-state index contributed by atoms with van der Waals surface area (Å²) in [6.07, 6.45) is 0. The van der Waals surface area contributed by atoms with Gasteiger partial charge in [-0.3, -0.25) is 5.10 Å². The van der Waals surface area contributed by atoms with E-state index in [9.17, 15) is 0 Å². The van der Waals surface area contributed by atoms with Crippen molar-refractivity contribution in [1.29, 1.82) is 0 Å². The minimum atomic E-state index is 0.565. The number of H-pyrrole nitrogens is 1. The molecule has 0 amide bonds. The first kappa shape index (κ1) is 13.4. The molecule has 1 aromatic carbocycles. The van der Waals surface area contributed by atoms with Gasteiger partial charge in [-0.1, -0.05) is 12.2 Å². The summed E-state index contributed by atoms with van der Waals surface area (Å²) in [5.41, 5.74) is 1.43. The summed E-state index contributed by atoms with van der Waals surface area (Å²) >= 11 is 4.98. The molecule has 2 rings (SSSR count). The second-order valence-electron chi connectivity index (χ2n) is 3.71. The average molecular weight is 278 g/mol. The predicted molar refractivity (Wildman–Crippen MR) is 74.5 cm³/mol. The van der Waals surface area contributed by atoms with Crippen molar-refractivity contribution in [3.8, 4) is 28.5 Å². The molecule has 0 bridgehead atoms. The van der Waals surface area contributed by atoms with Crippen molar-refractivity contribution in [1.82, 2.24) is 10.2 Å². The molecule has 1 heterocycles. The summed E-state index contributed by atoms with van der Waals surface area (Å²) in [7, 11) is 4.76. The molecule has 2 aromatic rings. The molecule has 100 valence electrons. The average Bonchev–Trinajstić information content (AvgIpc) is 2.46. The Morgan fingerprint density at radius 2 is 1.63 bits per heavy atom. The fourth-order valence-electron chi connectivity index (χ4n) is 1.74. The van der Waals surface area contributed by atoms with Gasteiger partial charge in [0.25, 0.3) is 0 Å². The number of hydrogen-bond acceptors (Lipinski definition) is 5. The van der Waals surface area contributed by atoms with E-state index in [0.29, 0.717) is 27.6 Å². The number of ether oxygens (including phenoxy) is 3. The van der Waals surface area contributed by atoms with Crippen LogP contribution < -0.4 is 14.2 Å². The first-order chi connectivity index (χ1) is 9.19. The van der Waals surface area contributed by atoms with Crippen LogP contribution in [0.3, 0.4) is 0 Å². The van der Waals surface area contributed by atoms with E-state index < -0.39 is 0 Å². The summed E-state index contributed by atoms with van der Waals surface area (Å²) in [6, 6.07) is 7.13. The molecule has 5 nitrogen and oxygen atoms in total. The SMILES string of the molecule is COc1cc(OC)c(-c2ccc(=S)[nH]n2)c(OC)c1. The van der Waals surface area contributed by atoms with Gasteiger partial charge >= 0.3 is 0 Å². The van der Waals surface area contributed by atoms with E-state index in [-0.39, 0.29) is 0 Å². The quantitative estimate of drug-likeness (QED) is 0.871. The lowest BCUT2D eigenvalue weighted by atomic mass is 10.1. The molecule has 0 atom stereocenters. The van der Waals surface area contributed by atoms with Gasteiger partial charge in [-0.2, -0.15) is 5.10 Å². The number of aromatic amines is 1. The Morgan fingerprint density at radius 3 is 2.05 bits per heavy atom. The van der Waals surface area contributed by atoms with E-state index in [4.69, 9.17) is 26.4 Å². The van der Waals surface area contributed by atoms with Crippen molar-refractivity contribution in [2.75, 3.05) is 21.3 Å². The molecule has 0 unspecified atom stereocenters. The van der Waals surface area contributed by atoms with Gasteiger partial charge in [0, 0.05) is 12.1 Å². The van der Waals surface area contributed by atoms with E-state index in [1.165, 1.54) is 0 Å². The maximum atomic E-state index is 5.38. The molecule has 0 saturated heterocycles. The van der Waals surface area contributed by atoms with Gasteiger partial charge < -0.3 is 14.2 Å². The Morgan fingerprint density at radius 1 is 1.00 bits per heavy atom. The number of aromatic nitrogens is 2. The van der Waals surface area contributed by atoms with Crippen LogP contribution in [0.25, 0.3) is 11.3 Å². The third-order valence-electron chi connectivity index (χ3n) is 2.65. The van der Waals surface area contributed by atoms with Gasteiger partial charge in [0.05, 0.1) is 32.6 Å². The topological polar surface area (TPSA) is 56.4 Å². The number of nitrogens with zero attached hydrogens (tertiary/aromatic N) is 1. The molecular weight excluding hydrogens is 264 g/mol. The maximum absolute atomic E-state index is 5.38. The highest BCUT2D eigenvalue weighted by atomic mass is 32.1. The standard InChI is InChI=1S/C13H14N2O3S/c1-16-8-6-10(17-2)13(11(7-8)18-3)9-4-5-12(19)15-14-9/h4-7H,1-3H3,(H,15,19). The molecule has 0 aliphatic rings. The molecule has 0 aliphatic heterocycles. The molecule has 0 saturated carbocycles. The lowest BCUT2D eigenvalue weighted by Gasteiger charge is -2.14. The predicted octanol–water partition coefficient (Wildman–Crippen LogP) is 2.83. The first-order valence-electron chi connectivity index (χ1n) is 5.55. The Hall–Kier alpha value is -2.08. The molecule has 1 N–H and O–H groups in total. The highest BCUT2D eigenvalue weighted by Gasteiger charge is 2.16. The Kier molecular flexibility index (Phi) is 4.01. The van der Waals surface area contributed by atoms with Gasteiger partial charge in [0.15, 0.2) is 0 Å². The second kappa shape index (κ2) is 5.71. The molecule has 6 heteroatoms. The fourth-order valence-corrected chi connectivity index (χ4v) is 1.86. The largest absolute Gasteiger partial charge is 0.496 e. The molecule has 0 aliphatic carbocycles. The van der Waals surface area contributed by atoms with Gasteiger partial charge in [0.1, 0.15) is 21.9 Å². The van der Waals surface area contributed by atoms with Crippen LogP contribution in [0.1, 0.15) is 0 Å². The number of nitrogens with one attached hydrogen (secondary N) is 1. The summed E-state index contributed by atoms with van der Waals surface area (Å²) in [5.74, 6) is 1.89. The van der Waals surface area contributed by atoms with Crippen LogP contribution >= 0.6 is 12.2 Å². The Balaban J connectivity index is 2.66. The molecule has 0 fully saturated rings. The lowest BCUT2D eigenvalue weighted by molar-refractivity contribution is 0.377. The number of hydrogen-bond donors (Lipinski definition) is 1. The highest BCUT2D eigenvalue weighted by Crippen LogP contribution is 2.40. The van der Waals surface area contributed by atoms with E-state index in [2.05, 4.69) is 10.2 Å². The second-order valence-corrected chi connectivity index (χ2v) is 4.15. The van der Waals surface area contributed by atoms with Crippen molar-refractivity contribution in [3.05, 3.63) is 28.9 Å². The van der Waals surface area contributed by atoms with E-state index in [0.717, 1.165) is 5.56 Å². The van der Waals surface area contributed by atoms with Crippen LogP contribution in [0.2, 0.25) is 0 Å². The Labute approximate surface area is 116 Å². The van der Waals surface area contributed by atoms with Crippen molar-refractivity contribution in [2.45, 2.75) is 0 Å². The number of methoxy groups -OCH3 is 3. The van der Waals surface area contributed by atoms with Gasteiger partial charge in [-0.15, -0.1) is 0 Å². The zero-order valence-corrected chi connectivity index (χ0v) is 11.7. The number of benzene rings is 1. The van der Waals surface area contributed by atoms with Crippen LogP contribution in [0.5, 0.6) is 17.2 Å². The summed E-state index contributed by atoms with van der Waals surface area (Å²) in [6.45, 7) is 0. The van der Waals surface area contributed by atoms with Crippen LogP contribution in [-0.2, 0) is 0 Å². The number of rotatable bonds is 4. The van der Waals surface area contributed by atoms with E-state index >= 15 is 0 Å². The summed E-state index contributed by atoms with van der Waals surface area (Å²) in [4.78, 5) is 0. The van der Waals surface area contributed by atoms with Crippen molar-refractivity contribution in [2.24, 2.45) is 0 Å². The molecule has 1 aromatic heterocycles. The molecular formula is C13H14N2O3S. The zero-order chi connectivity index (χ0) is 13.8. The van der Waals surface area contributed by atoms with Crippen LogP contribution in [-0.4, -0.2) is 31.5 Å². The van der Waals surface area contributed by atoms with Crippen molar-refractivity contribution < 1.29 is 14.2 Å². The van der Waals surface area contributed by atoms with E-state index in [1.807, 2.05) is 6.07 Å². The molecule has 0 radical (unpaired) electrons. The molecule has 19 heavy (non-hydrogen) atoms. The maximum Gasteiger partial charge on any atom is 0.135 e. The van der Waals surface area contributed by atoms with Crippen molar-refractivity contribution >= 4 is 12.2 Å². The summed E-state index contributed by atoms with van der Waals surface area (Å²) < 4.78 is 16.5. The van der Waals surface area contributed by atoms with Crippen LogP contribution in [0.4, 0.5) is 0 Å². The summed E-state index contributed by atoms with van der Waals surface area (Å²) in [5, 5.41) is 6.94. The third-order valence-corrected chi connectivity index (χ3v) is 2.88. The van der Waals surface area contributed by atoms with Gasteiger partial charge in [-0.05, 0) is 12.1 Å². The molecule has 0 spiro atoms. The third kappa shape index (κ3) is 2.68. The Bertz CT molecular complexity index is 595. The lowest BCUT2D eigenvalue weighted by Crippen LogP contribution is -1.97. The monoisotopic (exact) mass is 278 g/mol. The minimum absolute atomic E-state index is 0.565. The van der Waals surface area contributed by atoms with Crippen molar-refractivity contribution in [3.63, 3.8) is 0 Å². The van der Waals surface area contributed by atoms with E-state index in [1.54, 1.807) is 39.5 Å². The van der Waals surface area contributed by atoms with Crippen LogP contribution in [0.15, 0.2) is 24.3 Å². The smallest absolute Gasteiger partial charge is 0.135 e.